The minimum Gasteiger partial charge on any atom is -0.493 e. The number of hydrogen-bond donors (Lipinski definition) is 0. The summed E-state index contributed by atoms with van der Waals surface area (Å²) in [6, 6.07) is 26.1. The van der Waals surface area contributed by atoms with E-state index in [0.29, 0.717) is 13.2 Å². The molecule has 0 unspecified atom stereocenters. The van der Waals surface area contributed by atoms with Gasteiger partial charge in [-0.3, -0.25) is 9.97 Å². The van der Waals surface area contributed by atoms with Gasteiger partial charge in [-0.15, -0.1) is 0 Å². The first-order chi connectivity index (χ1) is 18.8. The van der Waals surface area contributed by atoms with Crippen LogP contribution < -0.4 is 9.47 Å². The zero-order chi connectivity index (χ0) is 25.8. The minimum atomic E-state index is 0.631. The van der Waals surface area contributed by atoms with Crippen molar-refractivity contribution in [1.82, 2.24) is 19.9 Å². The molecule has 0 amide bonds. The van der Waals surface area contributed by atoms with Gasteiger partial charge in [-0.25, -0.2) is 9.97 Å². The summed E-state index contributed by atoms with van der Waals surface area (Å²) in [6.45, 7) is 1.26. The molecular formula is C32H32N4O2. The van der Waals surface area contributed by atoms with Gasteiger partial charge >= 0.3 is 0 Å². The Morgan fingerprint density at radius 3 is 1.79 bits per heavy atom. The molecule has 0 saturated carbocycles. The highest BCUT2D eigenvalue weighted by molar-refractivity contribution is 5.78. The van der Waals surface area contributed by atoms with Crippen LogP contribution in [0.1, 0.15) is 37.1 Å². The molecule has 6 heteroatoms. The van der Waals surface area contributed by atoms with Gasteiger partial charge in [0.15, 0.2) is 5.65 Å². The van der Waals surface area contributed by atoms with E-state index in [1.165, 1.54) is 0 Å². The molecule has 0 N–H and O–H groups in total. The lowest BCUT2D eigenvalue weighted by Crippen LogP contribution is -2.02. The highest BCUT2D eigenvalue weighted by Gasteiger charge is 2.09. The second kappa shape index (κ2) is 13.3. The molecule has 0 spiro atoms. The van der Waals surface area contributed by atoms with Gasteiger partial charge in [0, 0.05) is 47.0 Å². The third-order valence-corrected chi connectivity index (χ3v) is 6.28. The number of aromatic nitrogens is 4. The number of rotatable bonds is 13. The molecule has 0 aliphatic carbocycles. The molecule has 0 atom stereocenters. The summed E-state index contributed by atoms with van der Waals surface area (Å²) >= 11 is 0. The molecular weight excluding hydrogens is 472 g/mol. The van der Waals surface area contributed by atoms with Crippen molar-refractivity contribution in [2.45, 2.75) is 38.5 Å². The van der Waals surface area contributed by atoms with Crippen LogP contribution in [0.15, 0.2) is 97.5 Å². The Morgan fingerprint density at radius 1 is 0.553 bits per heavy atom. The first-order valence-electron chi connectivity index (χ1n) is 13.3. The molecule has 192 valence electrons. The predicted molar refractivity (Wildman–Crippen MR) is 150 cm³/mol. The molecule has 0 radical (unpaired) electrons. The van der Waals surface area contributed by atoms with Crippen molar-refractivity contribution < 1.29 is 9.47 Å². The van der Waals surface area contributed by atoms with Gasteiger partial charge in [-0.2, -0.15) is 0 Å². The normalized spacial score (nSPS) is 10.9. The van der Waals surface area contributed by atoms with Crippen molar-refractivity contribution in [1.29, 1.82) is 0 Å². The molecule has 0 aliphatic rings. The van der Waals surface area contributed by atoms with Crippen LogP contribution in [-0.2, 0) is 12.8 Å². The zero-order valence-corrected chi connectivity index (χ0v) is 21.5. The van der Waals surface area contributed by atoms with Crippen molar-refractivity contribution in [2.24, 2.45) is 0 Å². The molecule has 0 aliphatic heterocycles. The van der Waals surface area contributed by atoms with Gasteiger partial charge in [-0.1, -0.05) is 12.1 Å². The summed E-state index contributed by atoms with van der Waals surface area (Å²) in [7, 11) is 0. The Labute approximate surface area is 223 Å². The quantitative estimate of drug-likeness (QED) is 0.163. The summed E-state index contributed by atoms with van der Waals surface area (Å²) in [6.07, 6.45) is 11.3. The lowest BCUT2D eigenvalue weighted by atomic mass is 10.1. The number of unbranched alkanes of at least 4 members (excludes halogenated alkanes) is 2. The fraction of sp³-hybridized carbons (Fsp3) is 0.250. The van der Waals surface area contributed by atoms with Crippen molar-refractivity contribution in [3.05, 3.63) is 109 Å². The van der Waals surface area contributed by atoms with E-state index in [2.05, 4.69) is 27.1 Å². The summed E-state index contributed by atoms with van der Waals surface area (Å²) in [5, 5.41) is 1.01. The van der Waals surface area contributed by atoms with Crippen molar-refractivity contribution in [2.75, 3.05) is 13.2 Å². The van der Waals surface area contributed by atoms with Crippen LogP contribution in [0.25, 0.3) is 22.3 Å². The Balaban J connectivity index is 1.22. The van der Waals surface area contributed by atoms with Crippen LogP contribution >= 0.6 is 0 Å². The average molecular weight is 505 g/mol. The predicted octanol–water partition coefficient (Wildman–Crippen LogP) is 6.89. The molecule has 0 fully saturated rings. The monoisotopic (exact) mass is 504 g/mol. The van der Waals surface area contributed by atoms with Crippen LogP contribution in [0.2, 0.25) is 0 Å². The highest BCUT2D eigenvalue weighted by atomic mass is 16.5. The molecule has 4 aromatic heterocycles. The Bertz CT molecular complexity index is 1360. The van der Waals surface area contributed by atoms with E-state index in [4.69, 9.17) is 14.5 Å². The van der Waals surface area contributed by atoms with Gasteiger partial charge in [-0.05, 0) is 99.2 Å². The Kier molecular flexibility index (Phi) is 8.86. The van der Waals surface area contributed by atoms with E-state index in [1.54, 1.807) is 6.20 Å². The van der Waals surface area contributed by atoms with E-state index in [0.717, 1.165) is 83.7 Å². The average Bonchev–Trinajstić information content (AvgIpc) is 2.97. The van der Waals surface area contributed by atoms with Crippen LogP contribution in [0, 0.1) is 0 Å². The summed E-state index contributed by atoms with van der Waals surface area (Å²) < 4.78 is 12.3. The zero-order valence-electron chi connectivity index (χ0n) is 21.5. The first-order valence-corrected chi connectivity index (χ1v) is 13.3. The van der Waals surface area contributed by atoms with Crippen LogP contribution in [0.5, 0.6) is 11.5 Å². The smallest absolute Gasteiger partial charge is 0.159 e. The van der Waals surface area contributed by atoms with E-state index >= 15 is 0 Å². The lowest BCUT2D eigenvalue weighted by molar-refractivity contribution is 0.292. The van der Waals surface area contributed by atoms with Crippen molar-refractivity contribution in [3.63, 3.8) is 0 Å². The van der Waals surface area contributed by atoms with Gasteiger partial charge in [0.25, 0.3) is 0 Å². The molecule has 0 bridgehead atoms. The minimum absolute atomic E-state index is 0.631. The summed E-state index contributed by atoms with van der Waals surface area (Å²) in [4.78, 5) is 18.0. The summed E-state index contributed by atoms with van der Waals surface area (Å²) in [5.74, 6) is 1.57. The van der Waals surface area contributed by atoms with Crippen LogP contribution in [-0.4, -0.2) is 33.1 Å². The van der Waals surface area contributed by atoms with Crippen LogP contribution in [0.3, 0.4) is 0 Å². The number of aryl methyl sites for hydroxylation is 2. The first kappa shape index (κ1) is 25.3. The van der Waals surface area contributed by atoms with E-state index in [9.17, 15) is 0 Å². The number of nitrogens with zero attached hydrogens (tertiary/aromatic N) is 4. The topological polar surface area (TPSA) is 70.0 Å². The standard InChI is InChI=1S/C32H32N4O2/c1-5-17-33-27(11-1)13-3-7-20-37-29-22-26(31-16-15-25-10-9-19-35-32(25)36-31)23-30(24-29)38-21-8-4-14-28-12-2-6-18-34-28/h1-2,5-6,9-12,15-19,22-24H,3-4,7-8,13-14,20-21H2. The molecule has 0 saturated heterocycles. The maximum absolute atomic E-state index is 6.17. The number of fused-ring (bicyclic) bond motifs is 1. The second-order valence-electron chi connectivity index (χ2n) is 9.19. The van der Waals surface area contributed by atoms with Gasteiger partial charge < -0.3 is 9.47 Å². The SMILES string of the molecule is c1ccc(CCCCOc2cc(OCCCCc3ccccn3)cc(-c3ccc4cccnc4n3)c2)nc1. The molecule has 5 aromatic rings. The number of pyridine rings is 4. The van der Waals surface area contributed by atoms with E-state index in [1.807, 2.05) is 79.1 Å². The van der Waals surface area contributed by atoms with E-state index < -0.39 is 0 Å². The third kappa shape index (κ3) is 7.35. The molecule has 38 heavy (non-hydrogen) atoms. The summed E-state index contributed by atoms with van der Waals surface area (Å²) in [5.41, 5.74) is 4.75. The highest BCUT2D eigenvalue weighted by Crippen LogP contribution is 2.30. The van der Waals surface area contributed by atoms with Crippen LogP contribution in [0.4, 0.5) is 0 Å². The van der Waals surface area contributed by atoms with Gasteiger partial charge in [0.05, 0.1) is 18.9 Å². The number of ether oxygens (including phenoxy) is 2. The Hall–Kier alpha value is -4.32. The number of benzene rings is 1. The van der Waals surface area contributed by atoms with Crippen molar-refractivity contribution in [3.8, 4) is 22.8 Å². The van der Waals surface area contributed by atoms with Crippen molar-refractivity contribution >= 4 is 11.0 Å². The Morgan fingerprint density at radius 2 is 1.18 bits per heavy atom. The molecule has 5 rings (SSSR count). The largest absolute Gasteiger partial charge is 0.493 e. The fourth-order valence-corrected chi connectivity index (χ4v) is 4.29. The second-order valence-corrected chi connectivity index (χ2v) is 9.19. The number of hydrogen-bond acceptors (Lipinski definition) is 6. The van der Waals surface area contributed by atoms with Gasteiger partial charge in [0.2, 0.25) is 0 Å². The van der Waals surface area contributed by atoms with E-state index in [-0.39, 0.29) is 0 Å². The third-order valence-electron chi connectivity index (χ3n) is 6.28. The molecule has 1 aromatic carbocycles. The maximum atomic E-state index is 6.17. The fourth-order valence-electron chi connectivity index (χ4n) is 4.29. The molecule has 4 heterocycles. The molecule has 6 nitrogen and oxygen atoms in total. The van der Waals surface area contributed by atoms with Gasteiger partial charge in [0.1, 0.15) is 11.5 Å². The maximum Gasteiger partial charge on any atom is 0.159 e. The lowest BCUT2D eigenvalue weighted by Gasteiger charge is -2.13.